The van der Waals surface area contributed by atoms with Crippen LogP contribution in [0.25, 0.3) is 11.1 Å². The van der Waals surface area contributed by atoms with Crippen molar-refractivity contribution in [3.05, 3.63) is 81.4 Å². The smallest absolute Gasteiger partial charge is 0.0129 e. The van der Waals surface area contributed by atoms with Crippen LogP contribution in [0.1, 0.15) is 116 Å². The average Bonchev–Trinajstić information content (AvgIpc) is 3.27. The zero-order valence-electron chi connectivity index (χ0n) is 26.9. The third-order valence-corrected chi connectivity index (χ3v) is 6.88. The summed E-state index contributed by atoms with van der Waals surface area (Å²) in [7, 11) is 0. The first-order valence-corrected chi connectivity index (χ1v) is 15.0. The summed E-state index contributed by atoms with van der Waals surface area (Å²) in [4.78, 5) is 0. The molecule has 214 valence electrons. The summed E-state index contributed by atoms with van der Waals surface area (Å²) >= 11 is 1.55. The van der Waals surface area contributed by atoms with Gasteiger partial charge < -0.3 is 24.8 Å². The van der Waals surface area contributed by atoms with Crippen LogP contribution in [0.5, 0.6) is 0 Å². The van der Waals surface area contributed by atoms with Gasteiger partial charge in [-0.1, -0.05) is 111 Å². The fourth-order valence-corrected chi connectivity index (χ4v) is 5.08. The molecule has 0 radical (unpaired) electrons. The molecule has 0 bridgehead atoms. The average molecular weight is 645 g/mol. The van der Waals surface area contributed by atoms with Crippen LogP contribution in [-0.2, 0) is 41.5 Å². The van der Waals surface area contributed by atoms with E-state index in [0.29, 0.717) is 11.3 Å². The minimum atomic E-state index is 0. The zero-order chi connectivity index (χ0) is 28.5. The molecule has 0 N–H and O–H groups in total. The van der Waals surface area contributed by atoms with Gasteiger partial charge in [-0.15, -0.1) is 16.7 Å². The van der Waals surface area contributed by atoms with Crippen LogP contribution >= 0.6 is 0 Å². The van der Waals surface area contributed by atoms with E-state index in [1.807, 2.05) is 0 Å². The van der Waals surface area contributed by atoms with Crippen LogP contribution in [0.15, 0.2) is 35.9 Å². The van der Waals surface area contributed by atoms with Crippen molar-refractivity contribution in [3.63, 3.8) is 0 Å². The van der Waals surface area contributed by atoms with Crippen molar-refractivity contribution in [1.82, 2.24) is 0 Å². The summed E-state index contributed by atoms with van der Waals surface area (Å²) in [5, 5.41) is 0. The van der Waals surface area contributed by atoms with Crippen LogP contribution in [0, 0.1) is 37.3 Å². The first-order valence-electron chi connectivity index (χ1n) is 13.8. The molecule has 2 aromatic rings. The van der Waals surface area contributed by atoms with Crippen molar-refractivity contribution in [1.29, 1.82) is 0 Å². The predicted octanol–water partition coefficient (Wildman–Crippen LogP) is 3.99. The first-order chi connectivity index (χ1) is 16.7. The molecule has 2 aliphatic rings. The van der Waals surface area contributed by atoms with Crippen LogP contribution in [-0.4, -0.2) is 3.21 Å². The van der Waals surface area contributed by atoms with Gasteiger partial charge in [0.25, 0.3) is 0 Å². The number of hydrogen-bond acceptors (Lipinski definition) is 0. The monoisotopic (exact) mass is 642 g/mol. The second-order valence-corrected chi connectivity index (χ2v) is 16.6. The third-order valence-electron chi connectivity index (χ3n) is 6.88. The molecule has 39 heavy (non-hydrogen) atoms. The van der Waals surface area contributed by atoms with E-state index < -0.39 is 0 Å². The minimum absolute atomic E-state index is 0. The van der Waals surface area contributed by atoms with Gasteiger partial charge in [-0.2, -0.15) is 29.3 Å². The number of allylic oxidation sites excluding steroid dienone is 4. The van der Waals surface area contributed by atoms with Crippen LogP contribution < -0.4 is 24.8 Å². The topological polar surface area (TPSA) is 0 Å². The number of hydrogen-bond donors (Lipinski definition) is 0. The van der Waals surface area contributed by atoms with E-state index in [4.69, 9.17) is 0 Å². The van der Waals surface area contributed by atoms with E-state index in [0.717, 1.165) is 6.42 Å². The number of aryl methyl sites for hydroxylation is 2. The van der Waals surface area contributed by atoms with Crippen molar-refractivity contribution in [2.45, 2.75) is 114 Å². The van der Waals surface area contributed by atoms with Crippen molar-refractivity contribution in [3.8, 4) is 11.1 Å². The molecule has 0 saturated carbocycles. The van der Waals surface area contributed by atoms with E-state index in [1.165, 1.54) is 53.3 Å². The Morgan fingerprint density at radius 2 is 1.28 bits per heavy atom. The van der Waals surface area contributed by atoms with Gasteiger partial charge in [0.1, 0.15) is 0 Å². The molecule has 0 saturated heterocycles. The van der Waals surface area contributed by atoms with Gasteiger partial charge in [0.2, 0.25) is 0 Å². The van der Waals surface area contributed by atoms with Gasteiger partial charge >= 0.3 is 41.3 Å². The molecule has 1 unspecified atom stereocenters. The second kappa shape index (κ2) is 14.4. The van der Waals surface area contributed by atoms with Crippen LogP contribution in [0.2, 0.25) is 0 Å². The molecule has 3 heteroatoms. The summed E-state index contributed by atoms with van der Waals surface area (Å²) in [5.74, 6) is 0.522. The molecule has 0 aromatic heterocycles. The fraction of sp³-hybridized carbons (Fsp3) is 0.528. The maximum absolute atomic E-state index is 3.69. The van der Waals surface area contributed by atoms with E-state index >= 15 is 0 Å². The van der Waals surface area contributed by atoms with Gasteiger partial charge in [0, 0.05) is 0 Å². The maximum atomic E-state index is 3.69. The Kier molecular flexibility index (Phi) is 14.2. The Morgan fingerprint density at radius 3 is 1.67 bits per heavy atom. The first kappa shape index (κ1) is 38.3. The van der Waals surface area contributed by atoms with E-state index in [-0.39, 0.29) is 35.6 Å². The molecule has 0 fully saturated rings. The quantitative estimate of drug-likeness (QED) is 0.325. The molecule has 1 atom stereocenters. The summed E-state index contributed by atoms with van der Waals surface area (Å²) in [6.45, 7) is 31.3. The van der Waals surface area contributed by atoms with Crippen molar-refractivity contribution < 1.29 is 49.0 Å². The molecule has 0 nitrogen and oxygen atoms in total. The number of fused-ring (bicyclic) bond motifs is 3. The minimum Gasteiger partial charge on any atom is -1.00 e. The Hall–Kier alpha value is -0.747. The van der Waals surface area contributed by atoms with E-state index in [9.17, 15) is 0 Å². The summed E-state index contributed by atoms with van der Waals surface area (Å²) < 4.78 is 1.51. The molecule has 4 rings (SSSR count). The van der Waals surface area contributed by atoms with Crippen molar-refractivity contribution in [2.24, 2.45) is 11.3 Å². The van der Waals surface area contributed by atoms with E-state index in [1.54, 1.807) is 24.2 Å². The van der Waals surface area contributed by atoms with Crippen LogP contribution in [0.3, 0.4) is 0 Å². The molecular formula is C36H50Cl2Zr-2. The van der Waals surface area contributed by atoms with Gasteiger partial charge in [0.05, 0.1) is 0 Å². The third kappa shape index (κ3) is 10.5. The zero-order valence-corrected chi connectivity index (χ0v) is 30.9. The maximum Gasteiger partial charge on any atom is -0.0129 e. The number of benzene rings is 2. The summed E-state index contributed by atoms with van der Waals surface area (Å²) in [6.07, 6.45) is 8.68. The SMILES string of the molecule is CC1[C-]=CC(C(C)(C)C)=C1.C[C](C)=[Zr+2].Cc1[c-]c2c(cc1C(C)(C)C)-c1cc(C(C)(C)C)c(C)cc1C2.[Cl-].[Cl-]. The molecule has 2 aliphatic carbocycles. The molecule has 0 amide bonds. The van der Waals surface area contributed by atoms with Crippen molar-refractivity contribution in [2.75, 3.05) is 0 Å². The van der Waals surface area contributed by atoms with Crippen LogP contribution in [0.4, 0.5) is 0 Å². The van der Waals surface area contributed by atoms with Gasteiger partial charge in [-0.05, 0) is 35.4 Å². The Bertz CT molecular complexity index is 1140. The number of rotatable bonds is 0. The molecule has 2 aromatic carbocycles. The largest absolute Gasteiger partial charge is 1.00 e. The van der Waals surface area contributed by atoms with Crippen molar-refractivity contribution >= 4 is 3.21 Å². The fourth-order valence-electron chi connectivity index (χ4n) is 5.08. The second-order valence-electron chi connectivity index (χ2n) is 14.2. The summed E-state index contributed by atoms with van der Waals surface area (Å²) in [5.41, 5.74) is 13.3. The molecule has 0 aliphatic heterocycles. The molecule has 0 spiro atoms. The van der Waals surface area contributed by atoms with Gasteiger partial charge in [0.15, 0.2) is 0 Å². The standard InChI is InChI=1S/C23H29.C10H15.C3H6.2ClH.Zr/c1-14-9-16-11-17-10-15(2)21(23(6,7)8)13-19(17)18(16)12-20(14)22(3,4)5;1-8-5-6-9(7-8)10(2,3)4;1-3-2;;;/h9,12-13H,11H2,1-8H3;6-8H,1-4H3;1-2H3;2*1H;/q2*-1;;;;+2/p-2. The predicted molar refractivity (Wildman–Crippen MR) is 161 cm³/mol. The number of halogens is 2. The Balaban J connectivity index is 0.000000757. The normalized spacial score (nSPS) is 15.4. The Labute approximate surface area is 268 Å². The van der Waals surface area contributed by atoms with Gasteiger partial charge in [-0.25, -0.2) is 6.08 Å². The Morgan fingerprint density at radius 1 is 0.795 bits per heavy atom. The molecule has 0 heterocycles. The molecular weight excluding hydrogens is 595 g/mol. The van der Waals surface area contributed by atoms with E-state index in [2.05, 4.69) is 139 Å². The van der Waals surface area contributed by atoms with Gasteiger partial charge in [-0.3, -0.25) is 6.08 Å². The summed E-state index contributed by atoms with van der Waals surface area (Å²) in [6, 6.07) is 10.9.